The minimum Gasteiger partial charge on any atom is -0.490 e. The van der Waals surface area contributed by atoms with Crippen LogP contribution in [0, 0.1) is 11.3 Å². The zero-order valence-corrected chi connectivity index (χ0v) is 23.5. The Labute approximate surface area is 244 Å². The molecule has 0 N–H and O–H groups in total. The molecule has 0 unspecified atom stereocenters. The Morgan fingerprint density at radius 3 is 2.39 bits per heavy atom. The van der Waals surface area contributed by atoms with Gasteiger partial charge in [0.1, 0.15) is 6.61 Å². The second kappa shape index (κ2) is 13.5. The number of benzene rings is 4. The molecule has 1 aliphatic heterocycles. The minimum atomic E-state index is -0.0768. The fourth-order valence-electron chi connectivity index (χ4n) is 4.35. The predicted molar refractivity (Wildman–Crippen MR) is 164 cm³/mol. The Balaban J connectivity index is 1.39. The molecule has 1 amide bonds. The molecule has 4 aromatic rings. The Morgan fingerprint density at radius 1 is 0.902 bits per heavy atom. The average Bonchev–Trinajstić information content (AvgIpc) is 3.29. The highest BCUT2D eigenvalue weighted by atomic mass is 32.2. The molecule has 5 rings (SSSR count). The van der Waals surface area contributed by atoms with Crippen molar-refractivity contribution in [1.29, 1.82) is 5.26 Å². The van der Waals surface area contributed by atoms with Gasteiger partial charge < -0.3 is 9.47 Å². The van der Waals surface area contributed by atoms with Crippen LogP contribution in [0.15, 0.2) is 113 Å². The minimum absolute atomic E-state index is 0.0768. The molecule has 204 valence electrons. The third-order valence-corrected chi connectivity index (χ3v) is 7.43. The van der Waals surface area contributed by atoms with Crippen molar-refractivity contribution < 1.29 is 14.3 Å². The zero-order valence-electron chi connectivity index (χ0n) is 22.7. The molecular formula is C34H29N3O3S. The first-order chi connectivity index (χ1) is 20.1. The van der Waals surface area contributed by atoms with Crippen molar-refractivity contribution in [3.05, 3.63) is 130 Å². The number of carbonyl (C=O) groups is 1. The van der Waals surface area contributed by atoms with Crippen LogP contribution in [-0.2, 0) is 17.8 Å². The summed E-state index contributed by atoms with van der Waals surface area (Å²) in [6.45, 7) is 3.14. The van der Waals surface area contributed by atoms with Gasteiger partial charge in [-0.3, -0.25) is 9.69 Å². The number of ether oxygens (including phenoxy) is 2. The van der Waals surface area contributed by atoms with Crippen LogP contribution in [0.2, 0.25) is 0 Å². The Morgan fingerprint density at radius 2 is 1.63 bits per heavy atom. The maximum Gasteiger partial charge on any atom is 0.266 e. The number of amidine groups is 1. The maximum atomic E-state index is 13.6. The number of aliphatic imine (C=N–C) groups is 1. The molecule has 0 atom stereocenters. The lowest BCUT2D eigenvalue weighted by atomic mass is 10.1. The first-order valence-electron chi connectivity index (χ1n) is 13.4. The van der Waals surface area contributed by atoms with Gasteiger partial charge in [-0.15, -0.1) is 0 Å². The van der Waals surface area contributed by atoms with Gasteiger partial charge in [0.25, 0.3) is 5.91 Å². The first kappa shape index (κ1) is 27.8. The molecule has 0 bridgehead atoms. The Kier molecular flexibility index (Phi) is 9.15. The van der Waals surface area contributed by atoms with Crippen LogP contribution >= 0.6 is 11.8 Å². The van der Waals surface area contributed by atoms with Crippen molar-refractivity contribution in [3.8, 4) is 17.6 Å². The van der Waals surface area contributed by atoms with Crippen LogP contribution in [0.3, 0.4) is 0 Å². The predicted octanol–water partition coefficient (Wildman–Crippen LogP) is 7.38. The van der Waals surface area contributed by atoms with Crippen LogP contribution in [0.1, 0.15) is 29.2 Å². The van der Waals surface area contributed by atoms with Gasteiger partial charge >= 0.3 is 0 Å². The summed E-state index contributed by atoms with van der Waals surface area (Å²) in [5.41, 5.74) is 4.16. The van der Waals surface area contributed by atoms with Crippen molar-refractivity contribution in [2.24, 2.45) is 4.99 Å². The number of carbonyl (C=O) groups excluding carboxylic acids is 1. The number of nitrogens with zero attached hydrogens (tertiary/aromatic N) is 3. The third-order valence-electron chi connectivity index (χ3n) is 6.42. The molecule has 1 saturated heterocycles. The molecule has 0 aliphatic carbocycles. The number of amides is 1. The van der Waals surface area contributed by atoms with E-state index in [0.29, 0.717) is 40.3 Å². The quantitative estimate of drug-likeness (QED) is 0.190. The molecule has 4 aromatic carbocycles. The fraction of sp³-hybridized carbons (Fsp3) is 0.147. The van der Waals surface area contributed by atoms with E-state index in [1.54, 1.807) is 11.0 Å². The van der Waals surface area contributed by atoms with E-state index in [9.17, 15) is 10.1 Å². The van der Waals surface area contributed by atoms with Crippen LogP contribution in [0.5, 0.6) is 11.5 Å². The maximum absolute atomic E-state index is 13.6. The van der Waals surface area contributed by atoms with Crippen molar-refractivity contribution in [2.45, 2.75) is 20.0 Å². The number of para-hydroxylation sites is 1. The second-order valence-electron chi connectivity index (χ2n) is 9.23. The average molecular weight is 560 g/mol. The first-order valence-corrected chi connectivity index (χ1v) is 14.2. The number of hydrogen-bond donors (Lipinski definition) is 0. The molecule has 0 spiro atoms. The van der Waals surface area contributed by atoms with E-state index in [1.807, 2.05) is 97.9 Å². The molecule has 7 heteroatoms. The Hall–Kier alpha value is -4.80. The lowest BCUT2D eigenvalue weighted by molar-refractivity contribution is -0.122. The van der Waals surface area contributed by atoms with Gasteiger partial charge in [0.2, 0.25) is 0 Å². The summed E-state index contributed by atoms with van der Waals surface area (Å²) in [6, 6.07) is 35.0. The fourth-order valence-corrected chi connectivity index (χ4v) is 5.38. The summed E-state index contributed by atoms with van der Waals surface area (Å²) in [5.74, 6) is 1.07. The summed E-state index contributed by atoms with van der Waals surface area (Å²) < 4.78 is 11.9. The molecule has 0 aromatic heterocycles. The van der Waals surface area contributed by atoms with Crippen molar-refractivity contribution in [3.63, 3.8) is 0 Å². The van der Waals surface area contributed by atoms with Gasteiger partial charge in [0.15, 0.2) is 16.7 Å². The van der Waals surface area contributed by atoms with Gasteiger partial charge in [-0.05, 0) is 72.6 Å². The van der Waals surface area contributed by atoms with E-state index in [0.717, 1.165) is 28.8 Å². The van der Waals surface area contributed by atoms with E-state index in [1.165, 1.54) is 11.8 Å². The van der Waals surface area contributed by atoms with Crippen LogP contribution < -0.4 is 9.47 Å². The van der Waals surface area contributed by atoms with E-state index in [-0.39, 0.29) is 12.5 Å². The summed E-state index contributed by atoms with van der Waals surface area (Å²) in [4.78, 5) is 20.7. The topological polar surface area (TPSA) is 74.9 Å². The standard InChI is InChI=1S/C34H29N3O3S/c1-2-39-31-21-26(17-18-30(31)40-24-28-14-10-9-13-27(28)23-35)22-32-33(38)37(20-19-25-11-5-3-6-12-25)34(41-32)36-29-15-7-4-8-16-29/h3-18,21-22H,2,19-20,24H2,1H3/b32-22+,36-34?. The highest BCUT2D eigenvalue weighted by molar-refractivity contribution is 8.18. The molecule has 1 heterocycles. The molecule has 0 saturated carbocycles. The number of thioether (sulfide) groups is 1. The van der Waals surface area contributed by atoms with Gasteiger partial charge in [-0.2, -0.15) is 5.26 Å². The highest BCUT2D eigenvalue weighted by Gasteiger charge is 2.33. The lowest BCUT2D eigenvalue weighted by Gasteiger charge is -2.15. The van der Waals surface area contributed by atoms with Crippen LogP contribution in [0.25, 0.3) is 6.08 Å². The molecular weight excluding hydrogens is 530 g/mol. The summed E-state index contributed by atoms with van der Waals surface area (Å²) in [6.07, 6.45) is 2.59. The largest absolute Gasteiger partial charge is 0.490 e. The molecule has 6 nitrogen and oxygen atoms in total. The molecule has 1 fully saturated rings. The monoisotopic (exact) mass is 559 g/mol. The van der Waals surface area contributed by atoms with E-state index in [2.05, 4.69) is 18.2 Å². The summed E-state index contributed by atoms with van der Waals surface area (Å²) in [5, 5.41) is 10.0. The lowest BCUT2D eigenvalue weighted by Crippen LogP contribution is -2.31. The van der Waals surface area contributed by atoms with E-state index < -0.39 is 0 Å². The second-order valence-corrected chi connectivity index (χ2v) is 10.2. The van der Waals surface area contributed by atoms with E-state index >= 15 is 0 Å². The number of rotatable bonds is 10. The van der Waals surface area contributed by atoms with Crippen molar-refractivity contribution in [2.75, 3.05) is 13.2 Å². The number of hydrogen-bond acceptors (Lipinski definition) is 6. The van der Waals surface area contributed by atoms with Gasteiger partial charge in [0.05, 0.1) is 28.8 Å². The number of nitriles is 1. The SMILES string of the molecule is CCOc1cc(/C=C2/SC(=Nc3ccccc3)N(CCc3ccccc3)C2=O)ccc1OCc1ccccc1C#N. The van der Waals surface area contributed by atoms with Gasteiger partial charge in [-0.25, -0.2) is 4.99 Å². The van der Waals surface area contributed by atoms with E-state index in [4.69, 9.17) is 14.5 Å². The van der Waals surface area contributed by atoms with Crippen LogP contribution in [0.4, 0.5) is 5.69 Å². The van der Waals surface area contributed by atoms with Crippen molar-refractivity contribution >= 4 is 34.6 Å². The normalized spacial score (nSPS) is 14.8. The van der Waals surface area contributed by atoms with Crippen LogP contribution in [-0.4, -0.2) is 29.1 Å². The Bertz CT molecular complexity index is 1610. The highest BCUT2D eigenvalue weighted by Crippen LogP contribution is 2.36. The zero-order chi connectivity index (χ0) is 28.4. The smallest absolute Gasteiger partial charge is 0.266 e. The molecule has 0 radical (unpaired) electrons. The summed E-state index contributed by atoms with van der Waals surface area (Å²) >= 11 is 1.37. The third kappa shape index (κ3) is 7.05. The van der Waals surface area contributed by atoms with Gasteiger partial charge in [0, 0.05) is 12.1 Å². The molecule has 1 aliphatic rings. The molecule has 41 heavy (non-hydrogen) atoms. The van der Waals surface area contributed by atoms with Crippen molar-refractivity contribution in [1.82, 2.24) is 4.90 Å². The summed E-state index contributed by atoms with van der Waals surface area (Å²) in [7, 11) is 0. The van der Waals surface area contributed by atoms with Gasteiger partial charge in [-0.1, -0.05) is 72.8 Å².